The molecular formula is C18H21ClN2. The molecule has 110 valence electrons. The van der Waals surface area contributed by atoms with Gasteiger partial charge in [-0.05, 0) is 49.7 Å². The number of benzene rings is 1. The summed E-state index contributed by atoms with van der Waals surface area (Å²) in [6.07, 6.45) is 5.63. The van der Waals surface area contributed by atoms with Crippen molar-refractivity contribution in [3.8, 4) is 0 Å². The topological polar surface area (TPSA) is 16.1 Å². The number of hydrogen-bond donors (Lipinski definition) is 0. The van der Waals surface area contributed by atoms with Crippen molar-refractivity contribution in [3.63, 3.8) is 0 Å². The van der Waals surface area contributed by atoms with Crippen molar-refractivity contribution in [1.29, 1.82) is 0 Å². The van der Waals surface area contributed by atoms with Crippen molar-refractivity contribution in [2.24, 2.45) is 11.8 Å². The lowest BCUT2D eigenvalue weighted by molar-refractivity contribution is 0.244. The molecule has 4 rings (SSSR count). The highest BCUT2D eigenvalue weighted by molar-refractivity contribution is 6.30. The Morgan fingerprint density at radius 2 is 1.71 bits per heavy atom. The molecule has 2 saturated carbocycles. The van der Waals surface area contributed by atoms with Crippen LogP contribution in [0, 0.1) is 11.8 Å². The molecule has 2 aliphatic rings. The first-order chi connectivity index (χ1) is 10.3. The third-order valence-electron chi connectivity index (χ3n) is 4.57. The molecule has 0 N–H and O–H groups in total. The van der Waals surface area contributed by atoms with Gasteiger partial charge in [-0.1, -0.05) is 29.8 Å². The van der Waals surface area contributed by atoms with E-state index in [4.69, 9.17) is 11.6 Å². The van der Waals surface area contributed by atoms with Gasteiger partial charge < -0.3 is 0 Å². The van der Waals surface area contributed by atoms with E-state index in [1.165, 1.54) is 49.7 Å². The fraction of sp³-hybridized carbons (Fsp3) is 0.500. The Balaban J connectivity index is 1.56. The van der Waals surface area contributed by atoms with Crippen LogP contribution in [0.25, 0.3) is 10.9 Å². The van der Waals surface area contributed by atoms with Crippen molar-refractivity contribution in [2.45, 2.75) is 32.2 Å². The molecule has 21 heavy (non-hydrogen) atoms. The first kappa shape index (κ1) is 13.5. The molecule has 1 aromatic heterocycles. The third-order valence-corrected chi connectivity index (χ3v) is 4.90. The Morgan fingerprint density at radius 3 is 2.38 bits per heavy atom. The fourth-order valence-electron chi connectivity index (χ4n) is 3.02. The normalized spacial score (nSPS) is 18.6. The van der Waals surface area contributed by atoms with Crippen molar-refractivity contribution >= 4 is 22.5 Å². The predicted octanol–water partition coefficient (Wildman–Crippen LogP) is 4.51. The van der Waals surface area contributed by atoms with E-state index in [1.807, 2.05) is 12.1 Å². The smallest absolute Gasteiger partial charge is 0.134 e. The van der Waals surface area contributed by atoms with Gasteiger partial charge in [-0.3, -0.25) is 4.90 Å². The summed E-state index contributed by atoms with van der Waals surface area (Å²) in [5, 5.41) is 1.86. The van der Waals surface area contributed by atoms with E-state index < -0.39 is 0 Å². The lowest BCUT2D eigenvalue weighted by atomic mass is 10.1. The molecule has 1 heterocycles. The first-order valence-corrected chi connectivity index (χ1v) is 8.42. The average Bonchev–Trinajstić information content (AvgIpc) is 3.36. The lowest BCUT2D eigenvalue weighted by Gasteiger charge is -2.22. The molecule has 0 amide bonds. The minimum Gasteiger partial charge on any atom is -0.298 e. The standard InChI is InChI=1S/C18H21ClN2/c19-18-16(9-15-3-1-2-4-17(15)20-18)12-21(10-13-5-6-13)11-14-7-8-14/h1-4,9,13-14H,5-8,10-12H2. The highest BCUT2D eigenvalue weighted by Gasteiger charge is 2.29. The maximum Gasteiger partial charge on any atom is 0.134 e. The molecule has 1 aromatic carbocycles. The van der Waals surface area contributed by atoms with Crippen LogP contribution < -0.4 is 0 Å². The number of nitrogens with zero attached hydrogens (tertiary/aromatic N) is 2. The zero-order valence-corrected chi connectivity index (χ0v) is 13.0. The lowest BCUT2D eigenvalue weighted by Crippen LogP contribution is -2.28. The van der Waals surface area contributed by atoms with E-state index in [9.17, 15) is 0 Å². The molecular weight excluding hydrogens is 280 g/mol. The molecule has 0 saturated heterocycles. The maximum atomic E-state index is 6.41. The molecule has 2 aromatic rings. The van der Waals surface area contributed by atoms with E-state index in [2.05, 4.69) is 28.1 Å². The van der Waals surface area contributed by atoms with Crippen LogP contribution in [-0.2, 0) is 6.54 Å². The number of halogens is 1. The molecule has 0 unspecified atom stereocenters. The summed E-state index contributed by atoms with van der Waals surface area (Å²) in [6, 6.07) is 10.4. The molecule has 2 fully saturated rings. The monoisotopic (exact) mass is 300 g/mol. The summed E-state index contributed by atoms with van der Waals surface area (Å²) in [5.41, 5.74) is 2.17. The summed E-state index contributed by atoms with van der Waals surface area (Å²) in [7, 11) is 0. The minimum absolute atomic E-state index is 0.672. The van der Waals surface area contributed by atoms with Gasteiger partial charge in [0.15, 0.2) is 0 Å². The summed E-state index contributed by atoms with van der Waals surface area (Å²) in [4.78, 5) is 7.16. The zero-order chi connectivity index (χ0) is 14.2. The van der Waals surface area contributed by atoms with Crippen LogP contribution in [0.1, 0.15) is 31.2 Å². The van der Waals surface area contributed by atoms with Gasteiger partial charge in [0.25, 0.3) is 0 Å². The van der Waals surface area contributed by atoms with Crippen molar-refractivity contribution in [2.75, 3.05) is 13.1 Å². The minimum atomic E-state index is 0.672. The molecule has 2 nitrogen and oxygen atoms in total. The van der Waals surface area contributed by atoms with Gasteiger partial charge in [0.1, 0.15) is 5.15 Å². The summed E-state index contributed by atoms with van der Waals surface area (Å²) in [6.45, 7) is 3.42. The van der Waals surface area contributed by atoms with Gasteiger partial charge in [-0.15, -0.1) is 0 Å². The molecule has 2 aliphatic carbocycles. The molecule has 0 spiro atoms. The van der Waals surface area contributed by atoms with Crippen LogP contribution in [-0.4, -0.2) is 23.0 Å². The quantitative estimate of drug-likeness (QED) is 0.730. The van der Waals surface area contributed by atoms with Gasteiger partial charge in [0.2, 0.25) is 0 Å². The van der Waals surface area contributed by atoms with Gasteiger partial charge in [-0.25, -0.2) is 4.98 Å². The predicted molar refractivity (Wildman–Crippen MR) is 87.5 cm³/mol. The highest BCUT2D eigenvalue weighted by Crippen LogP contribution is 2.34. The number of hydrogen-bond acceptors (Lipinski definition) is 2. The van der Waals surface area contributed by atoms with E-state index in [1.54, 1.807) is 0 Å². The van der Waals surface area contributed by atoms with E-state index in [0.29, 0.717) is 5.15 Å². The van der Waals surface area contributed by atoms with Crippen LogP contribution >= 0.6 is 11.6 Å². The maximum absolute atomic E-state index is 6.41. The largest absolute Gasteiger partial charge is 0.298 e. The van der Waals surface area contributed by atoms with Crippen molar-refractivity contribution in [3.05, 3.63) is 41.0 Å². The summed E-state index contributed by atoms with van der Waals surface area (Å²) < 4.78 is 0. The Kier molecular flexibility index (Phi) is 3.60. The second kappa shape index (κ2) is 5.58. The van der Waals surface area contributed by atoms with Gasteiger partial charge >= 0.3 is 0 Å². The second-order valence-electron chi connectivity index (χ2n) is 6.71. The van der Waals surface area contributed by atoms with Gasteiger partial charge in [0.05, 0.1) is 5.52 Å². The number of para-hydroxylation sites is 1. The molecule has 0 bridgehead atoms. The summed E-state index contributed by atoms with van der Waals surface area (Å²) >= 11 is 6.41. The van der Waals surface area contributed by atoms with E-state index in [0.717, 1.165) is 23.9 Å². The highest BCUT2D eigenvalue weighted by atomic mass is 35.5. The number of rotatable bonds is 6. The van der Waals surface area contributed by atoms with Gasteiger partial charge in [-0.2, -0.15) is 0 Å². The molecule has 0 atom stereocenters. The van der Waals surface area contributed by atoms with Crippen LogP contribution in [0.2, 0.25) is 5.15 Å². The average molecular weight is 301 g/mol. The van der Waals surface area contributed by atoms with E-state index in [-0.39, 0.29) is 0 Å². The molecule has 3 heteroatoms. The van der Waals surface area contributed by atoms with E-state index >= 15 is 0 Å². The van der Waals surface area contributed by atoms with Crippen LogP contribution in [0.4, 0.5) is 0 Å². The number of pyridine rings is 1. The zero-order valence-electron chi connectivity index (χ0n) is 12.3. The Labute approximate surface area is 131 Å². The van der Waals surface area contributed by atoms with Gasteiger partial charge in [0, 0.05) is 30.6 Å². The van der Waals surface area contributed by atoms with Crippen LogP contribution in [0.5, 0.6) is 0 Å². The Bertz CT molecular complexity index is 633. The van der Waals surface area contributed by atoms with Crippen LogP contribution in [0.15, 0.2) is 30.3 Å². The Morgan fingerprint density at radius 1 is 1.05 bits per heavy atom. The first-order valence-electron chi connectivity index (χ1n) is 8.04. The van der Waals surface area contributed by atoms with Crippen molar-refractivity contribution < 1.29 is 0 Å². The van der Waals surface area contributed by atoms with Crippen molar-refractivity contribution in [1.82, 2.24) is 9.88 Å². The fourth-order valence-corrected chi connectivity index (χ4v) is 3.23. The third kappa shape index (κ3) is 3.38. The second-order valence-corrected chi connectivity index (χ2v) is 7.07. The van der Waals surface area contributed by atoms with Crippen LogP contribution in [0.3, 0.4) is 0 Å². The summed E-state index contributed by atoms with van der Waals surface area (Å²) in [5.74, 6) is 1.85. The molecule has 0 aliphatic heterocycles. The SMILES string of the molecule is Clc1nc2ccccc2cc1CN(CC1CC1)CC1CC1. The molecule has 0 radical (unpaired) electrons. The number of aromatic nitrogens is 1. The Hall–Kier alpha value is -1.12. The number of fused-ring (bicyclic) bond motifs is 1.